The monoisotopic (exact) mass is 394 g/mol. The number of hydrogen-bond donors (Lipinski definition) is 0. The fourth-order valence-electron chi connectivity index (χ4n) is 3.82. The summed E-state index contributed by atoms with van der Waals surface area (Å²) >= 11 is 0. The molecule has 0 unspecified atom stereocenters. The summed E-state index contributed by atoms with van der Waals surface area (Å²) in [7, 11) is 2.10. The number of benzene rings is 1. The van der Waals surface area contributed by atoms with Crippen LogP contribution in [0.5, 0.6) is 5.75 Å². The molecule has 1 aromatic heterocycles. The third kappa shape index (κ3) is 5.05. The molecule has 0 bridgehead atoms. The molecule has 4 rings (SSSR count). The number of Topliss-reactive ketones (excluding diaryl/α,β-unsaturated/α-hetero) is 1. The van der Waals surface area contributed by atoms with Gasteiger partial charge in [0.2, 0.25) is 0 Å². The summed E-state index contributed by atoms with van der Waals surface area (Å²) in [6.45, 7) is 6.45. The Morgan fingerprint density at radius 2 is 1.97 bits per heavy atom. The van der Waals surface area contributed by atoms with E-state index in [2.05, 4.69) is 51.9 Å². The summed E-state index contributed by atoms with van der Waals surface area (Å²) in [6.07, 6.45) is 5.07. The van der Waals surface area contributed by atoms with E-state index < -0.39 is 0 Å². The van der Waals surface area contributed by atoms with Crippen molar-refractivity contribution >= 4 is 17.4 Å². The van der Waals surface area contributed by atoms with Gasteiger partial charge in [-0.2, -0.15) is 0 Å². The van der Waals surface area contributed by atoms with E-state index in [0.717, 1.165) is 42.9 Å². The molecule has 1 aromatic carbocycles. The predicted octanol–water partition coefficient (Wildman–Crippen LogP) is 3.67. The Balaban J connectivity index is 1.28. The van der Waals surface area contributed by atoms with Crippen molar-refractivity contribution < 1.29 is 9.53 Å². The Kier molecular flexibility index (Phi) is 5.69. The zero-order chi connectivity index (χ0) is 20.4. The summed E-state index contributed by atoms with van der Waals surface area (Å²) < 4.78 is 6.09. The second-order valence-corrected chi connectivity index (χ2v) is 8.58. The van der Waals surface area contributed by atoms with E-state index >= 15 is 0 Å². The number of aromatic nitrogens is 2. The van der Waals surface area contributed by atoms with Gasteiger partial charge in [-0.25, -0.2) is 9.97 Å². The van der Waals surface area contributed by atoms with Crippen LogP contribution in [0.3, 0.4) is 0 Å². The van der Waals surface area contributed by atoms with Crippen molar-refractivity contribution in [1.29, 1.82) is 0 Å². The zero-order valence-electron chi connectivity index (χ0n) is 17.5. The molecule has 154 valence electrons. The minimum Gasteiger partial charge on any atom is -0.487 e. The summed E-state index contributed by atoms with van der Waals surface area (Å²) in [5.41, 5.74) is 1.17. The van der Waals surface area contributed by atoms with Gasteiger partial charge in [-0.1, -0.05) is 19.1 Å². The Morgan fingerprint density at radius 1 is 1.24 bits per heavy atom. The third-order valence-electron chi connectivity index (χ3n) is 5.78. The second-order valence-electron chi connectivity index (χ2n) is 8.58. The molecule has 1 aliphatic carbocycles. The van der Waals surface area contributed by atoms with E-state index in [-0.39, 0.29) is 17.8 Å². The van der Waals surface area contributed by atoms with Gasteiger partial charge in [0.15, 0.2) is 0 Å². The van der Waals surface area contributed by atoms with Crippen LogP contribution >= 0.6 is 0 Å². The highest BCUT2D eigenvalue weighted by molar-refractivity contribution is 5.76. The van der Waals surface area contributed by atoms with Gasteiger partial charge in [-0.05, 0) is 49.3 Å². The Morgan fingerprint density at radius 3 is 2.62 bits per heavy atom. The van der Waals surface area contributed by atoms with Gasteiger partial charge in [0.05, 0.1) is 13.1 Å². The first-order valence-electron chi connectivity index (χ1n) is 10.5. The van der Waals surface area contributed by atoms with Crippen LogP contribution in [0, 0.1) is 5.92 Å². The summed E-state index contributed by atoms with van der Waals surface area (Å²) in [5.74, 6) is 4.12. The van der Waals surface area contributed by atoms with Crippen molar-refractivity contribution in [2.24, 2.45) is 5.92 Å². The highest BCUT2D eigenvalue weighted by Crippen LogP contribution is 2.31. The van der Waals surface area contributed by atoms with Crippen molar-refractivity contribution in [3.63, 3.8) is 0 Å². The standard InChI is InChI=1S/C23H30N4O2/c1-16(10-17(2)28)19-6-8-20(9-7-19)29-21-13-27(14-21)23-11-22(24-15-25-23)26(3)12-18-4-5-18/h6-9,11,15-16,18,21H,4-5,10,12-14H2,1-3H3/t16-/m1/s1. The summed E-state index contributed by atoms with van der Waals surface area (Å²) in [4.78, 5) is 24.6. The largest absolute Gasteiger partial charge is 0.487 e. The predicted molar refractivity (Wildman–Crippen MR) is 115 cm³/mol. The molecule has 2 aromatic rings. The van der Waals surface area contributed by atoms with Crippen LogP contribution < -0.4 is 14.5 Å². The smallest absolute Gasteiger partial charge is 0.134 e. The van der Waals surface area contributed by atoms with E-state index in [4.69, 9.17) is 4.74 Å². The maximum Gasteiger partial charge on any atom is 0.134 e. The van der Waals surface area contributed by atoms with E-state index in [9.17, 15) is 4.79 Å². The minimum absolute atomic E-state index is 0.165. The summed E-state index contributed by atoms with van der Waals surface area (Å²) in [5, 5.41) is 0. The van der Waals surface area contributed by atoms with Crippen molar-refractivity contribution in [2.45, 2.75) is 45.1 Å². The topological polar surface area (TPSA) is 58.6 Å². The molecule has 1 atom stereocenters. The molecule has 2 heterocycles. The molecule has 1 aliphatic heterocycles. The fourth-order valence-corrected chi connectivity index (χ4v) is 3.82. The van der Waals surface area contributed by atoms with Gasteiger partial charge >= 0.3 is 0 Å². The van der Waals surface area contributed by atoms with Crippen LogP contribution in [0.15, 0.2) is 36.7 Å². The molecule has 1 saturated heterocycles. The first-order valence-corrected chi connectivity index (χ1v) is 10.5. The van der Waals surface area contributed by atoms with Crippen LogP contribution in [0.2, 0.25) is 0 Å². The molecule has 0 radical (unpaired) electrons. The molecule has 0 N–H and O–H groups in total. The zero-order valence-corrected chi connectivity index (χ0v) is 17.5. The quantitative estimate of drug-likeness (QED) is 0.647. The number of hydrogen-bond acceptors (Lipinski definition) is 6. The van der Waals surface area contributed by atoms with Crippen LogP contribution in [-0.2, 0) is 4.79 Å². The molecule has 0 amide bonds. The van der Waals surface area contributed by atoms with Crippen LogP contribution in [0.1, 0.15) is 44.6 Å². The maximum atomic E-state index is 11.3. The highest BCUT2D eigenvalue weighted by Gasteiger charge is 2.30. The first-order chi connectivity index (χ1) is 14.0. The van der Waals surface area contributed by atoms with Gasteiger partial charge < -0.3 is 19.3 Å². The van der Waals surface area contributed by atoms with Crippen molar-refractivity contribution in [3.05, 3.63) is 42.2 Å². The van der Waals surface area contributed by atoms with Gasteiger partial charge in [-0.3, -0.25) is 0 Å². The van der Waals surface area contributed by atoms with E-state index in [0.29, 0.717) is 6.42 Å². The number of rotatable bonds is 9. The lowest BCUT2D eigenvalue weighted by atomic mass is 9.96. The lowest BCUT2D eigenvalue weighted by Crippen LogP contribution is -2.54. The number of ether oxygens (including phenoxy) is 1. The normalized spacial score (nSPS) is 17.6. The molecule has 6 nitrogen and oxygen atoms in total. The molecule has 2 fully saturated rings. The first kappa shape index (κ1) is 19.7. The van der Waals surface area contributed by atoms with Crippen LogP contribution in [-0.4, -0.2) is 48.5 Å². The number of nitrogens with zero attached hydrogens (tertiary/aromatic N) is 4. The van der Waals surface area contributed by atoms with Crippen molar-refractivity contribution in [2.75, 3.05) is 36.5 Å². The number of anilines is 2. The average Bonchev–Trinajstić information content (AvgIpc) is 3.48. The Bertz CT molecular complexity index is 844. The Labute approximate surface area is 172 Å². The van der Waals surface area contributed by atoms with E-state index in [1.165, 1.54) is 18.4 Å². The summed E-state index contributed by atoms with van der Waals surface area (Å²) in [6, 6.07) is 10.2. The average molecular weight is 395 g/mol. The van der Waals surface area contributed by atoms with Crippen molar-refractivity contribution in [3.8, 4) is 5.75 Å². The van der Waals surface area contributed by atoms with Crippen LogP contribution in [0.4, 0.5) is 11.6 Å². The van der Waals surface area contributed by atoms with Crippen molar-refractivity contribution in [1.82, 2.24) is 9.97 Å². The van der Waals surface area contributed by atoms with E-state index in [1.54, 1.807) is 13.3 Å². The molecule has 1 saturated carbocycles. The van der Waals surface area contributed by atoms with Gasteiger partial charge in [-0.15, -0.1) is 0 Å². The van der Waals surface area contributed by atoms with Gasteiger partial charge in [0.1, 0.15) is 35.6 Å². The van der Waals surface area contributed by atoms with Gasteiger partial charge in [0, 0.05) is 26.1 Å². The van der Waals surface area contributed by atoms with Gasteiger partial charge in [0.25, 0.3) is 0 Å². The minimum atomic E-state index is 0.165. The molecular formula is C23H30N4O2. The number of ketones is 1. The molecular weight excluding hydrogens is 364 g/mol. The maximum absolute atomic E-state index is 11.3. The lowest BCUT2D eigenvalue weighted by molar-refractivity contribution is -0.117. The van der Waals surface area contributed by atoms with Crippen LogP contribution in [0.25, 0.3) is 0 Å². The highest BCUT2D eigenvalue weighted by atomic mass is 16.5. The molecule has 6 heteroatoms. The molecule has 29 heavy (non-hydrogen) atoms. The second kappa shape index (κ2) is 8.39. The number of carbonyl (C=O) groups is 1. The third-order valence-corrected chi connectivity index (χ3v) is 5.78. The number of carbonyl (C=O) groups excluding carboxylic acids is 1. The Hall–Kier alpha value is -2.63. The molecule has 0 spiro atoms. The fraction of sp³-hybridized carbons (Fsp3) is 0.522. The van der Waals surface area contributed by atoms with E-state index in [1.807, 2.05) is 12.1 Å². The lowest BCUT2D eigenvalue weighted by Gasteiger charge is -2.40. The molecule has 2 aliphatic rings. The SMILES string of the molecule is CC(=O)C[C@@H](C)c1ccc(OC2CN(c3cc(N(C)CC4CC4)ncn3)C2)cc1.